The predicted molar refractivity (Wildman–Crippen MR) is 80.3 cm³/mol. The van der Waals surface area contributed by atoms with Gasteiger partial charge in [-0.15, -0.1) is 0 Å². The lowest BCUT2D eigenvalue weighted by molar-refractivity contribution is 0.0696. The van der Waals surface area contributed by atoms with Crippen LogP contribution in [0.1, 0.15) is 10.4 Å². The zero-order valence-electron chi connectivity index (χ0n) is 9.06. The number of rotatable bonds is 3. The fraction of sp³-hybridized carbons (Fsp3) is 0. The molecule has 0 aliphatic heterocycles. The first-order chi connectivity index (χ1) is 8.54. The molecule has 0 spiro atoms. The second-order valence-corrected chi connectivity index (χ2v) is 5.70. The van der Waals surface area contributed by atoms with Crippen LogP contribution >= 0.6 is 38.5 Å². The van der Waals surface area contributed by atoms with Crippen LogP contribution < -0.4 is 4.74 Å². The van der Waals surface area contributed by atoms with Crippen LogP contribution in [0.3, 0.4) is 0 Å². The molecule has 3 nitrogen and oxygen atoms in total. The summed E-state index contributed by atoms with van der Waals surface area (Å²) < 4.78 is 7.39. The molecule has 0 aliphatic rings. The van der Waals surface area contributed by atoms with Crippen molar-refractivity contribution in [3.63, 3.8) is 0 Å². The average Bonchev–Trinajstić information content (AvgIpc) is 2.31. The Morgan fingerprint density at radius 2 is 1.78 bits per heavy atom. The second kappa shape index (κ2) is 5.71. The number of hydrogen-bond acceptors (Lipinski definition) is 2. The van der Waals surface area contributed by atoms with Crippen molar-refractivity contribution >= 4 is 44.5 Å². The first-order valence-corrected chi connectivity index (χ1v) is 6.89. The lowest BCUT2D eigenvalue weighted by atomic mass is 10.2. The van der Waals surface area contributed by atoms with Gasteiger partial charge in [-0.2, -0.15) is 0 Å². The Morgan fingerprint density at radius 3 is 2.39 bits per heavy atom. The molecule has 2 rings (SSSR count). The van der Waals surface area contributed by atoms with Crippen molar-refractivity contribution in [3.05, 3.63) is 56.1 Å². The molecular weight excluding hydrogens is 411 g/mol. The number of hydrogen-bond donors (Lipinski definition) is 1. The molecule has 0 saturated carbocycles. The van der Waals surface area contributed by atoms with Crippen molar-refractivity contribution in [2.75, 3.05) is 0 Å². The number of ether oxygens (including phenoxy) is 1. The zero-order valence-corrected chi connectivity index (χ0v) is 12.8. The number of carbonyl (C=O) groups is 1. The molecule has 0 bridgehead atoms. The summed E-state index contributed by atoms with van der Waals surface area (Å²) in [6.07, 6.45) is 0. The Bertz CT molecular complexity index is 581. The lowest BCUT2D eigenvalue weighted by Crippen LogP contribution is -1.96. The minimum absolute atomic E-state index is 0.185. The molecule has 18 heavy (non-hydrogen) atoms. The summed E-state index contributed by atoms with van der Waals surface area (Å²) in [5, 5.41) is 8.96. The molecule has 0 heterocycles. The molecule has 0 saturated heterocycles. The van der Waals surface area contributed by atoms with E-state index in [1.165, 1.54) is 12.1 Å². The molecule has 0 aliphatic carbocycles. The smallest absolute Gasteiger partial charge is 0.335 e. The summed E-state index contributed by atoms with van der Waals surface area (Å²) in [6, 6.07) is 12.3. The van der Waals surface area contributed by atoms with Gasteiger partial charge in [0.15, 0.2) is 0 Å². The Hall–Kier alpha value is -1.08. The molecule has 0 fully saturated rings. The van der Waals surface area contributed by atoms with E-state index in [0.717, 1.165) is 3.57 Å². The third-order valence-corrected chi connectivity index (χ3v) is 3.34. The van der Waals surface area contributed by atoms with Crippen molar-refractivity contribution in [1.29, 1.82) is 0 Å². The molecule has 1 N–H and O–H groups in total. The molecule has 0 radical (unpaired) electrons. The van der Waals surface area contributed by atoms with E-state index < -0.39 is 5.97 Å². The van der Waals surface area contributed by atoms with Crippen LogP contribution in [0.25, 0.3) is 0 Å². The molecule has 5 heteroatoms. The Balaban J connectivity index is 2.28. The third-order valence-electron chi connectivity index (χ3n) is 2.17. The summed E-state index contributed by atoms with van der Waals surface area (Å²) in [7, 11) is 0. The highest BCUT2D eigenvalue weighted by atomic mass is 127. The minimum Gasteiger partial charge on any atom is -0.478 e. The number of halogens is 2. The van der Waals surface area contributed by atoms with E-state index in [2.05, 4.69) is 38.5 Å². The van der Waals surface area contributed by atoms with Gasteiger partial charge in [0.25, 0.3) is 0 Å². The van der Waals surface area contributed by atoms with Gasteiger partial charge < -0.3 is 9.84 Å². The molecule has 2 aromatic rings. The fourth-order valence-electron chi connectivity index (χ4n) is 1.38. The van der Waals surface area contributed by atoms with E-state index in [9.17, 15) is 4.79 Å². The quantitative estimate of drug-likeness (QED) is 0.744. The number of carboxylic acids is 1. The summed E-state index contributed by atoms with van der Waals surface area (Å²) in [6.45, 7) is 0. The maximum Gasteiger partial charge on any atom is 0.335 e. The molecule has 92 valence electrons. The Labute approximate surface area is 126 Å². The van der Waals surface area contributed by atoms with Crippen molar-refractivity contribution in [1.82, 2.24) is 0 Å². The highest BCUT2D eigenvalue weighted by molar-refractivity contribution is 14.1. The van der Waals surface area contributed by atoms with E-state index in [-0.39, 0.29) is 5.56 Å². The van der Waals surface area contributed by atoms with Crippen LogP contribution in [-0.4, -0.2) is 11.1 Å². The number of aromatic carboxylic acids is 1. The second-order valence-electron chi connectivity index (χ2n) is 3.54. The van der Waals surface area contributed by atoms with Gasteiger partial charge in [0.05, 0.1) is 5.56 Å². The summed E-state index contributed by atoms with van der Waals surface area (Å²) in [4.78, 5) is 10.9. The van der Waals surface area contributed by atoms with Crippen LogP contribution in [-0.2, 0) is 0 Å². The van der Waals surface area contributed by atoms with E-state index in [0.29, 0.717) is 16.0 Å². The number of carboxylic acid groups (broad SMARTS) is 1. The van der Waals surface area contributed by atoms with Crippen LogP contribution in [0.5, 0.6) is 11.5 Å². The van der Waals surface area contributed by atoms with Gasteiger partial charge in [0, 0.05) is 8.04 Å². The van der Waals surface area contributed by atoms with Crippen molar-refractivity contribution < 1.29 is 14.6 Å². The Kier molecular flexibility index (Phi) is 4.23. The maximum atomic E-state index is 10.9. The van der Waals surface area contributed by atoms with Gasteiger partial charge in [-0.05, 0) is 65.1 Å². The van der Waals surface area contributed by atoms with E-state index >= 15 is 0 Å². The largest absolute Gasteiger partial charge is 0.478 e. The average molecular weight is 419 g/mol. The molecule has 0 atom stereocenters. The highest BCUT2D eigenvalue weighted by Gasteiger charge is 2.07. The van der Waals surface area contributed by atoms with Crippen molar-refractivity contribution in [2.24, 2.45) is 0 Å². The van der Waals surface area contributed by atoms with Crippen LogP contribution in [0.2, 0.25) is 0 Å². The first kappa shape index (κ1) is 13.4. The monoisotopic (exact) mass is 418 g/mol. The normalized spacial score (nSPS) is 10.1. The minimum atomic E-state index is -0.983. The fourth-order valence-corrected chi connectivity index (χ4v) is 2.22. The van der Waals surface area contributed by atoms with Crippen LogP contribution in [0, 0.1) is 3.57 Å². The van der Waals surface area contributed by atoms with E-state index in [1.807, 2.05) is 24.3 Å². The van der Waals surface area contributed by atoms with Gasteiger partial charge in [-0.25, -0.2) is 4.79 Å². The van der Waals surface area contributed by atoms with Gasteiger partial charge in [-0.3, -0.25) is 0 Å². The zero-order chi connectivity index (χ0) is 13.1. The van der Waals surface area contributed by atoms with Crippen LogP contribution in [0.15, 0.2) is 46.9 Å². The summed E-state index contributed by atoms with van der Waals surface area (Å²) in [5.74, 6) is 0.177. The summed E-state index contributed by atoms with van der Waals surface area (Å²) >= 11 is 5.47. The standard InChI is InChI=1S/C13H8BrIO3/c14-9-5-8(13(16)17)6-12(7-9)18-11-3-1-10(15)2-4-11/h1-7H,(H,16,17). The van der Waals surface area contributed by atoms with Gasteiger partial charge in [-0.1, -0.05) is 15.9 Å². The van der Waals surface area contributed by atoms with E-state index in [1.54, 1.807) is 6.07 Å². The van der Waals surface area contributed by atoms with Gasteiger partial charge in [0.2, 0.25) is 0 Å². The molecule has 0 unspecified atom stereocenters. The third kappa shape index (κ3) is 3.46. The van der Waals surface area contributed by atoms with Gasteiger partial charge in [0.1, 0.15) is 11.5 Å². The SMILES string of the molecule is O=C(O)c1cc(Br)cc(Oc2ccc(I)cc2)c1. The van der Waals surface area contributed by atoms with Crippen molar-refractivity contribution in [3.8, 4) is 11.5 Å². The number of benzene rings is 2. The molecule has 0 amide bonds. The molecular formula is C13H8BrIO3. The lowest BCUT2D eigenvalue weighted by Gasteiger charge is -2.07. The predicted octanol–water partition coefficient (Wildman–Crippen LogP) is 4.54. The topological polar surface area (TPSA) is 46.5 Å². The first-order valence-electron chi connectivity index (χ1n) is 5.02. The van der Waals surface area contributed by atoms with Gasteiger partial charge >= 0.3 is 5.97 Å². The van der Waals surface area contributed by atoms with Crippen LogP contribution in [0.4, 0.5) is 0 Å². The molecule has 0 aromatic heterocycles. The van der Waals surface area contributed by atoms with E-state index in [4.69, 9.17) is 9.84 Å². The molecule has 2 aromatic carbocycles. The summed E-state index contributed by atoms with van der Waals surface area (Å²) in [5.41, 5.74) is 0.185. The highest BCUT2D eigenvalue weighted by Crippen LogP contribution is 2.26. The maximum absolute atomic E-state index is 10.9. The van der Waals surface area contributed by atoms with Crippen molar-refractivity contribution in [2.45, 2.75) is 0 Å². The Morgan fingerprint density at radius 1 is 1.11 bits per heavy atom.